The molecule has 6 heterocycles. The summed E-state index contributed by atoms with van der Waals surface area (Å²) in [5.74, 6) is 0.344. The first kappa shape index (κ1) is 25.5. The molecule has 3 aromatic rings. The number of carbonyl (C=O) groups is 2. The molecule has 208 valence electrons. The zero-order chi connectivity index (χ0) is 27.6. The molecule has 1 atom stereocenters. The molecule has 1 aliphatic carbocycles. The van der Waals surface area contributed by atoms with E-state index in [-0.39, 0.29) is 23.3 Å². The van der Waals surface area contributed by atoms with Crippen LogP contribution >= 0.6 is 11.3 Å². The lowest BCUT2D eigenvalue weighted by Gasteiger charge is -2.61. The van der Waals surface area contributed by atoms with Gasteiger partial charge in [0.2, 0.25) is 5.95 Å². The number of carbonyl (C=O) groups excluding carboxylic acids is 2. The number of rotatable bonds is 5. The highest BCUT2D eigenvalue weighted by atomic mass is 32.1. The molecule has 3 aromatic heterocycles. The standard InChI is InChI=1S/C29H32FN7O2S/c1-3-36-13-28(14-36)15-37(16-28)18-6-7-23(31-11-18)33-27-32-12-21(30)24(34-27)22-9-20-25(40-22)29(17-35(2)26(20)39)8-4-5-19(38)10-29/h6-7,9,11-12H,3-5,8,10,13-17H2,1-2H3,(H,31,32,33,34). The smallest absolute Gasteiger partial charge is 0.254 e. The van der Waals surface area contributed by atoms with Gasteiger partial charge in [0, 0.05) is 68.3 Å². The van der Waals surface area contributed by atoms with E-state index in [0.717, 1.165) is 49.2 Å². The minimum absolute atomic E-state index is 0.105. The fourth-order valence-corrected chi connectivity index (χ4v) is 8.35. The van der Waals surface area contributed by atoms with Gasteiger partial charge in [-0.1, -0.05) is 6.92 Å². The van der Waals surface area contributed by atoms with Crippen LogP contribution in [0.25, 0.3) is 10.6 Å². The molecule has 0 bridgehead atoms. The van der Waals surface area contributed by atoms with Crippen molar-refractivity contribution in [3.8, 4) is 10.6 Å². The number of aromatic nitrogens is 3. The van der Waals surface area contributed by atoms with E-state index in [1.165, 1.54) is 24.4 Å². The van der Waals surface area contributed by atoms with Gasteiger partial charge in [-0.15, -0.1) is 11.3 Å². The lowest BCUT2D eigenvalue weighted by atomic mass is 9.69. The molecule has 1 saturated carbocycles. The van der Waals surface area contributed by atoms with Crippen LogP contribution in [0.1, 0.15) is 47.8 Å². The van der Waals surface area contributed by atoms with E-state index in [9.17, 15) is 9.59 Å². The molecular formula is C29H32FN7O2S. The Morgan fingerprint density at radius 2 is 1.93 bits per heavy atom. The van der Waals surface area contributed by atoms with Crippen molar-refractivity contribution >= 4 is 40.5 Å². The number of anilines is 3. The Labute approximate surface area is 236 Å². The van der Waals surface area contributed by atoms with E-state index in [0.29, 0.717) is 41.1 Å². The Balaban J connectivity index is 1.10. The average molecular weight is 562 g/mol. The number of hydrogen-bond acceptors (Lipinski definition) is 9. The van der Waals surface area contributed by atoms with Crippen LogP contribution in [0.5, 0.6) is 0 Å². The summed E-state index contributed by atoms with van der Waals surface area (Å²) in [6.45, 7) is 8.28. The number of hydrogen-bond donors (Lipinski definition) is 1. The number of nitrogens with zero attached hydrogens (tertiary/aromatic N) is 6. The number of thiophene rings is 1. The van der Waals surface area contributed by atoms with Crippen LogP contribution in [0.3, 0.4) is 0 Å². The molecule has 9 nitrogen and oxygen atoms in total. The average Bonchev–Trinajstić information content (AvgIpc) is 3.35. The number of fused-ring (bicyclic) bond motifs is 2. The second kappa shape index (κ2) is 9.31. The second-order valence-corrected chi connectivity index (χ2v) is 13.0. The molecule has 3 aliphatic heterocycles. The number of likely N-dealkylation sites (tertiary alicyclic amines) is 1. The zero-order valence-corrected chi connectivity index (χ0v) is 23.6. The number of pyridine rings is 1. The summed E-state index contributed by atoms with van der Waals surface area (Å²) in [6.07, 6.45) is 5.60. The summed E-state index contributed by atoms with van der Waals surface area (Å²) in [5.41, 5.74) is 1.80. The van der Waals surface area contributed by atoms with E-state index in [1.54, 1.807) is 18.0 Å². The van der Waals surface area contributed by atoms with Crippen LogP contribution in [0.2, 0.25) is 0 Å². The van der Waals surface area contributed by atoms with Crippen molar-refractivity contribution in [2.24, 2.45) is 5.41 Å². The van der Waals surface area contributed by atoms with Crippen LogP contribution in [-0.2, 0) is 10.2 Å². The highest BCUT2D eigenvalue weighted by Crippen LogP contribution is 2.49. The van der Waals surface area contributed by atoms with Crippen molar-refractivity contribution in [1.82, 2.24) is 24.8 Å². The topological polar surface area (TPSA) is 94.6 Å². The van der Waals surface area contributed by atoms with Crippen LogP contribution in [0, 0.1) is 11.2 Å². The highest BCUT2D eigenvalue weighted by Gasteiger charge is 2.51. The maximum Gasteiger partial charge on any atom is 0.254 e. The van der Waals surface area contributed by atoms with Gasteiger partial charge in [0.1, 0.15) is 17.3 Å². The Kier molecular flexibility index (Phi) is 5.94. The Morgan fingerprint density at radius 3 is 2.65 bits per heavy atom. The summed E-state index contributed by atoms with van der Waals surface area (Å²) in [5, 5.41) is 3.10. The molecule has 3 fully saturated rings. The third kappa shape index (κ3) is 4.17. The summed E-state index contributed by atoms with van der Waals surface area (Å²) in [7, 11) is 1.77. The molecule has 0 aromatic carbocycles. The maximum absolute atomic E-state index is 15.0. The minimum Gasteiger partial charge on any atom is -0.369 e. The number of nitrogens with one attached hydrogen (secondary N) is 1. The van der Waals surface area contributed by atoms with Gasteiger partial charge >= 0.3 is 0 Å². The Morgan fingerprint density at radius 1 is 1.10 bits per heavy atom. The van der Waals surface area contributed by atoms with Crippen molar-refractivity contribution in [3.63, 3.8) is 0 Å². The molecule has 1 amide bonds. The van der Waals surface area contributed by atoms with Crippen LogP contribution in [-0.4, -0.2) is 82.8 Å². The van der Waals surface area contributed by atoms with Crippen molar-refractivity contribution in [2.75, 3.05) is 56.5 Å². The predicted molar refractivity (Wildman–Crippen MR) is 152 cm³/mol. The van der Waals surface area contributed by atoms with Crippen LogP contribution < -0.4 is 10.2 Å². The normalized spacial score (nSPS) is 23.8. The highest BCUT2D eigenvalue weighted by molar-refractivity contribution is 7.16. The maximum atomic E-state index is 15.0. The largest absolute Gasteiger partial charge is 0.369 e. The molecule has 7 rings (SSSR count). The van der Waals surface area contributed by atoms with E-state index in [1.807, 2.05) is 18.3 Å². The number of Topliss-reactive ketones (excluding diaryl/α,β-unsaturated/α-hetero) is 1. The summed E-state index contributed by atoms with van der Waals surface area (Å²) in [4.78, 5) is 46.6. The molecule has 0 radical (unpaired) electrons. The van der Waals surface area contributed by atoms with Crippen molar-refractivity contribution in [3.05, 3.63) is 46.9 Å². The van der Waals surface area contributed by atoms with Gasteiger partial charge < -0.3 is 20.0 Å². The number of amides is 1. The number of likely N-dealkylation sites (N-methyl/N-ethyl adjacent to an activating group) is 1. The fraction of sp³-hybridized carbons (Fsp3) is 0.483. The molecule has 1 unspecified atom stereocenters. The SMILES string of the molecule is CCN1CC2(C1)CN(c1ccc(Nc3ncc(F)c(-c4cc5c(s4)C4(CCCC(=O)C4)CN(C)C5=O)n3)nc1)C2. The van der Waals surface area contributed by atoms with E-state index in [4.69, 9.17) is 0 Å². The van der Waals surface area contributed by atoms with Gasteiger partial charge in [-0.2, -0.15) is 0 Å². The van der Waals surface area contributed by atoms with Gasteiger partial charge in [0.25, 0.3) is 5.91 Å². The molecule has 11 heteroatoms. The summed E-state index contributed by atoms with van der Waals surface area (Å²) in [6, 6.07) is 5.64. The second-order valence-electron chi connectivity index (χ2n) is 11.9. The van der Waals surface area contributed by atoms with Gasteiger partial charge in [-0.05, 0) is 37.6 Å². The minimum atomic E-state index is -0.564. The fourth-order valence-electron chi connectivity index (χ4n) is 7.00. The first-order chi connectivity index (χ1) is 19.3. The third-order valence-electron chi connectivity index (χ3n) is 8.93. The first-order valence-corrected chi connectivity index (χ1v) is 14.7. The predicted octanol–water partition coefficient (Wildman–Crippen LogP) is 4.09. The van der Waals surface area contributed by atoms with Gasteiger partial charge in [-0.3, -0.25) is 9.59 Å². The van der Waals surface area contributed by atoms with E-state index < -0.39 is 11.2 Å². The quantitative estimate of drug-likeness (QED) is 0.498. The molecule has 2 saturated heterocycles. The molecule has 2 spiro atoms. The summed E-state index contributed by atoms with van der Waals surface area (Å²) >= 11 is 1.37. The van der Waals surface area contributed by atoms with Crippen LogP contribution in [0.4, 0.5) is 21.8 Å². The monoisotopic (exact) mass is 561 g/mol. The van der Waals surface area contributed by atoms with E-state index >= 15 is 4.39 Å². The molecular weight excluding hydrogens is 529 g/mol. The zero-order valence-electron chi connectivity index (χ0n) is 22.7. The van der Waals surface area contributed by atoms with Crippen molar-refractivity contribution in [1.29, 1.82) is 0 Å². The lowest BCUT2D eigenvalue weighted by molar-refractivity contribution is -0.122. The van der Waals surface area contributed by atoms with Gasteiger partial charge in [-0.25, -0.2) is 19.3 Å². The van der Waals surface area contributed by atoms with Crippen LogP contribution in [0.15, 0.2) is 30.6 Å². The Bertz CT molecular complexity index is 1490. The van der Waals surface area contributed by atoms with Gasteiger partial charge in [0.05, 0.1) is 28.5 Å². The van der Waals surface area contributed by atoms with Gasteiger partial charge in [0.15, 0.2) is 5.82 Å². The van der Waals surface area contributed by atoms with Crippen molar-refractivity contribution < 1.29 is 14.0 Å². The summed E-state index contributed by atoms with van der Waals surface area (Å²) < 4.78 is 15.0. The molecule has 4 aliphatic rings. The molecule has 40 heavy (non-hydrogen) atoms. The Hall–Kier alpha value is -3.44. The number of halogens is 1. The number of ketones is 1. The molecule has 1 N–H and O–H groups in total. The first-order valence-electron chi connectivity index (χ1n) is 13.9. The third-order valence-corrected chi connectivity index (χ3v) is 10.3. The lowest BCUT2D eigenvalue weighted by Crippen LogP contribution is -2.72. The van der Waals surface area contributed by atoms with E-state index in [2.05, 4.69) is 37.0 Å². The van der Waals surface area contributed by atoms with Crippen molar-refractivity contribution in [2.45, 2.75) is 38.0 Å².